The molecule has 0 aromatic carbocycles. The molecule has 0 atom stereocenters. The summed E-state index contributed by atoms with van der Waals surface area (Å²) >= 11 is 1.75. The van der Waals surface area contributed by atoms with Crippen LogP contribution in [0.4, 0.5) is 5.95 Å². The molecule has 0 spiro atoms. The average molecular weight is 363 g/mol. The van der Waals surface area contributed by atoms with Gasteiger partial charge in [-0.3, -0.25) is 0 Å². The number of hydrogen-bond acceptors (Lipinski definition) is 7. The number of nitrogen functional groups attached to an aromatic ring is 1. The van der Waals surface area contributed by atoms with Crippen LogP contribution in [0, 0.1) is 0 Å². The first-order valence-corrected chi connectivity index (χ1v) is 9.50. The molecule has 4 aromatic heterocycles. The highest BCUT2D eigenvalue weighted by Crippen LogP contribution is 2.41. The Kier molecular flexibility index (Phi) is 3.63. The van der Waals surface area contributed by atoms with Crippen LogP contribution in [0.3, 0.4) is 0 Å². The van der Waals surface area contributed by atoms with E-state index in [9.17, 15) is 0 Å². The van der Waals surface area contributed by atoms with E-state index in [-0.39, 0.29) is 0 Å². The van der Waals surface area contributed by atoms with Gasteiger partial charge in [-0.15, -0.1) is 11.3 Å². The van der Waals surface area contributed by atoms with Crippen molar-refractivity contribution < 1.29 is 0 Å². The molecule has 1 aliphatic rings. The summed E-state index contributed by atoms with van der Waals surface area (Å²) in [4.78, 5) is 23.6. The van der Waals surface area contributed by atoms with Crippen LogP contribution >= 0.6 is 11.3 Å². The van der Waals surface area contributed by atoms with Crippen molar-refractivity contribution in [2.75, 3.05) is 5.73 Å². The number of aryl methyl sites for hydroxylation is 2. The van der Waals surface area contributed by atoms with Crippen LogP contribution in [0.25, 0.3) is 22.7 Å². The van der Waals surface area contributed by atoms with E-state index in [1.807, 2.05) is 6.07 Å². The lowest BCUT2D eigenvalue weighted by Crippen LogP contribution is -2.04. The highest BCUT2D eigenvalue weighted by molar-refractivity contribution is 7.09. The van der Waals surface area contributed by atoms with E-state index < -0.39 is 0 Å². The Hall–Kier alpha value is -2.87. The molecule has 1 fully saturated rings. The van der Waals surface area contributed by atoms with E-state index in [0.29, 0.717) is 12.0 Å². The first kappa shape index (κ1) is 15.4. The second-order valence-electron chi connectivity index (χ2n) is 6.41. The SMILES string of the molecule is Nc1nc(CCc2cccs2)c2nc(-c3ccncn3)n(C3CC3)c2n1. The molecule has 0 unspecified atom stereocenters. The van der Waals surface area contributed by atoms with Gasteiger partial charge in [0.05, 0.1) is 5.69 Å². The van der Waals surface area contributed by atoms with Crippen molar-refractivity contribution >= 4 is 28.4 Å². The van der Waals surface area contributed by atoms with Gasteiger partial charge in [-0.1, -0.05) is 6.07 Å². The third kappa shape index (κ3) is 2.72. The summed E-state index contributed by atoms with van der Waals surface area (Å²) in [6.07, 6.45) is 7.23. The Bertz CT molecular complexity index is 1050. The fraction of sp³-hybridized carbons (Fsp3) is 0.278. The Balaban J connectivity index is 1.64. The summed E-state index contributed by atoms with van der Waals surface area (Å²) < 4.78 is 2.17. The van der Waals surface area contributed by atoms with E-state index in [0.717, 1.165) is 54.1 Å². The molecule has 1 aliphatic carbocycles. The number of imidazole rings is 1. The second kappa shape index (κ2) is 6.14. The molecule has 0 radical (unpaired) electrons. The zero-order valence-electron chi connectivity index (χ0n) is 14.0. The van der Waals surface area contributed by atoms with Gasteiger partial charge in [0.2, 0.25) is 5.95 Å². The van der Waals surface area contributed by atoms with Crippen molar-refractivity contribution in [3.63, 3.8) is 0 Å². The van der Waals surface area contributed by atoms with Gasteiger partial charge in [0.1, 0.15) is 17.5 Å². The van der Waals surface area contributed by atoms with Gasteiger partial charge in [-0.05, 0) is 43.2 Å². The maximum Gasteiger partial charge on any atom is 0.222 e. The van der Waals surface area contributed by atoms with Crippen LogP contribution in [-0.2, 0) is 12.8 Å². The quantitative estimate of drug-likeness (QED) is 0.585. The molecular formula is C18H17N7S. The minimum absolute atomic E-state index is 0.301. The van der Waals surface area contributed by atoms with Crippen LogP contribution in [0.15, 0.2) is 36.1 Å². The molecule has 0 aliphatic heterocycles. The third-order valence-corrected chi connectivity index (χ3v) is 5.48. The zero-order chi connectivity index (χ0) is 17.5. The normalized spacial score (nSPS) is 14.2. The lowest BCUT2D eigenvalue weighted by atomic mass is 10.2. The molecule has 7 nitrogen and oxygen atoms in total. The highest BCUT2D eigenvalue weighted by atomic mass is 32.1. The fourth-order valence-corrected chi connectivity index (χ4v) is 3.91. The Morgan fingerprint density at radius 1 is 1.15 bits per heavy atom. The number of rotatable bonds is 5. The van der Waals surface area contributed by atoms with E-state index >= 15 is 0 Å². The lowest BCUT2D eigenvalue weighted by Gasteiger charge is -2.07. The van der Waals surface area contributed by atoms with Crippen molar-refractivity contribution in [2.24, 2.45) is 0 Å². The third-order valence-electron chi connectivity index (χ3n) is 4.54. The second-order valence-corrected chi connectivity index (χ2v) is 7.44. The van der Waals surface area contributed by atoms with Gasteiger partial charge in [-0.2, -0.15) is 4.98 Å². The first-order chi connectivity index (χ1) is 12.8. The smallest absolute Gasteiger partial charge is 0.222 e. The molecule has 5 rings (SSSR count). The van der Waals surface area contributed by atoms with E-state index in [1.54, 1.807) is 23.9 Å². The van der Waals surface area contributed by atoms with Crippen LogP contribution in [0.5, 0.6) is 0 Å². The maximum atomic E-state index is 6.02. The van der Waals surface area contributed by atoms with Crippen molar-refractivity contribution in [2.45, 2.75) is 31.7 Å². The van der Waals surface area contributed by atoms with Gasteiger partial charge in [0, 0.05) is 17.1 Å². The molecular weight excluding hydrogens is 346 g/mol. The van der Waals surface area contributed by atoms with Gasteiger partial charge >= 0.3 is 0 Å². The molecule has 4 aromatic rings. The fourth-order valence-electron chi connectivity index (χ4n) is 3.20. The van der Waals surface area contributed by atoms with Gasteiger partial charge in [-0.25, -0.2) is 19.9 Å². The predicted octanol–water partition coefficient (Wildman–Crippen LogP) is 3.05. The van der Waals surface area contributed by atoms with Crippen LogP contribution in [0.1, 0.15) is 29.5 Å². The number of nitrogens with zero attached hydrogens (tertiary/aromatic N) is 6. The summed E-state index contributed by atoms with van der Waals surface area (Å²) in [5.41, 5.74) is 9.37. The minimum atomic E-state index is 0.301. The number of nitrogens with two attached hydrogens (primary N) is 1. The monoisotopic (exact) mass is 363 g/mol. The van der Waals surface area contributed by atoms with E-state index in [2.05, 4.69) is 42.0 Å². The number of fused-ring (bicyclic) bond motifs is 1. The van der Waals surface area contributed by atoms with Gasteiger partial charge in [0.15, 0.2) is 11.5 Å². The molecule has 0 bridgehead atoms. The number of thiophene rings is 1. The number of aromatic nitrogens is 6. The number of anilines is 1. The molecule has 130 valence electrons. The van der Waals surface area contributed by atoms with E-state index in [4.69, 9.17) is 10.7 Å². The van der Waals surface area contributed by atoms with Crippen LogP contribution < -0.4 is 5.73 Å². The van der Waals surface area contributed by atoms with Gasteiger partial charge in [0.25, 0.3) is 0 Å². The molecule has 0 saturated heterocycles. The highest BCUT2D eigenvalue weighted by Gasteiger charge is 2.31. The topological polar surface area (TPSA) is 95.4 Å². The van der Waals surface area contributed by atoms with Crippen molar-refractivity contribution in [1.29, 1.82) is 0 Å². The number of hydrogen-bond donors (Lipinski definition) is 1. The summed E-state index contributed by atoms with van der Waals surface area (Å²) in [5, 5.41) is 2.09. The first-order valence-electron chi connectivity index (χ1n) is 8.62. The molecule has 8 heteroatoms. The van der Waals surface area contributed by atoms with Crippen molar-refractivity contribution in [3.8, 4) is 11.5 Å². The molecule has 2 N–H and O–H groups in total. The molecule has 4 heterocycles. The van der Waals surface area contributed by atoms with Crippen molar-refractivity contribution in [1.82, 2.24) is 29.5 Å². The summed E-state index contributed by atoms with van der Waals surface area (Å²) in [5.74, 6) is 1.12. The lowest BCUT2D eigenvalue weighted by molar-refractivity contribution is 0.762. The summed E-state index contributed by atoms with van der Waals surface area (Å²) in [7, 11) is 0. The predicted molar refractivity (Wildman–Crippen MR) is 101 cm³/mol. The summed E-state index contributed by atoms with van der Waals surface area (Å²) in [6, 6.07) is 6.49. The largest absolute Gasteiger partial charge is 0.368 e. The Labute approximate surface area is 154 Å². The Morgan fingerprint density at radius 3 is 2.81 bits per heavy atom. The molecule has 26 heavy (non-hydrogen) atoms. The average Bonchev–Trinajstić information content (AvgIpc) is 3.22. The maximum absolute atomic E-state index is 6.02. The zero-order valence-corrected chi connectivity index (χ0v) is 14.9. The standard InChI is InChI=1S/C18H17N7S/c19-18-22-13(6-5-12-2-1-9-26-12)15-17(24-18)25(11-3-4-11)16(23-15)14-7-8-20-10-21-14/h1-2,7-11H,3-6H2,(H2,19,22,24). The van der Waals surface area contributed by atoms with Crippen LogP contribution in [0.2, 0.25) is 0 Å². The van der Waals surface area contributed by atoms with Crippen LogP contribution in [-0.4, -0.2) is 29.5 Å². The summed E-state index contributed by atoms with van der Waals surface area (Å²) in [6.45, 7) is 0. The molecule has 1 saturated carbocycles. The Morgan fingerprint density at radius 2 is 2.08 bits per heavy atom. The molecule has 0 amide bonds. The van der Waals surface area contributed by atoms with Crippen molar-refractivity contribution in [3.05, 3.63) is 46.7 Å². The van der Waals surface area contributed by atoms with Gasteiger partial charge < -0.3 is 10.3 Å². The van der Waals surface area contributed by atoms with E-state index in [1.165, 1.54) is 4.88 Å². The minimum Gasteiger partial charge on any atom is -0.368 e.